The highest BCUT2D eigenvalue weighted by Gasteiger charge is 2.40. The van der Waals surface area contributed by atoms with Crippen LogP contribution in [0.15, 0.2) is 27.0 Å². The van der Waals surface area contributed by atoms with Crippen LogP contribution in [0.2, 0.25) is 0 Å². The third kappa shape index (κ3) is 3.00. The first kappa shape index (κ1) is 16.1. The highest BCUT2D eigenvalue weighted by Crippen LogP contribution is 2.33. The summed E-state index contributed by atoms with van der Waals surface area (Å²) >= 11 is 1.97. The van der Waals surface area contributed by atoms with E-state index in [0.29, 0.717) is 5.56 Å². The normalized spacial score (nSPS) is 27.8. The van der Waals surface area contributed by atoms with Gasteiger partial charge in [-0.1, -0.05) is 22.6 Å². The molecule has 0 aromatic carbocycles. The first-order valence-electron chi connectivity index (χ1n) is 5.93. The first-order valence-corrected chi connectivity index (χ1v) is 7.18. The number of nitrogen functional groups attached to an aromatic ring is 1. The van der Waals surface area contributed by atoms with Crippen LogP contribution in [0.5, 0.6) is 0 Å². The largest absolute Gasteiger partial charge is 0.394 e. The molecule has 1 aliphatic heterocycles. The lowest BCUT2D eigenvalue weighted by Crippen LogP contribution is -2.29. The number of halogens is 2. The standard InChI is InChI=1S/C12H13FIN3O4/c13-3-7-9(19)8(5-18)21-11(7)17-4-6(1-2-14)10(15)16-12(17)20/h1-4,8-9,11,18-19H,5H2,(H2,15,16,20)/b2-1-,7-3+. The monoisotopic (exact) mass is 409 g/mol. The van der Waals surface area contributed by atoms with Crippen molar-refractivity contribution in [3.63, 3.8) is 0 Å². The Morgan fingerprint density at radius 3 is 2.90 bits per heavy atom. The molecule has 0 radical (unpaired) electrons. The molecule has 0 bridgehead atoms. The van der Waals surface area contributed by atoms with Gasteiger partial charge in [-0.05, 0) is 10.2 Å². The molecule has 7 nitrogen and oxygen atoms in total. The van der Waals surface area contributed by atoms with E-state index in [-0.39, 0.29) is 17.7 Å². The number of hydrogen-bond acceptors (Lipinski definition) is 6. The Balaban J connectivity index is 2.51. The summed E-state index contributed by atoms with van der Waals surface area (Å²) < 4.78 is 21.0. The van der Waals surface area contributed by atoms with Gasteiger partial charge in [0.25, 0.3) is 0 Å². The van der Waals surface area contributed by atoms with E-state index in [0.717, 1.165) is 4.57 Å². The molecule has 2 rings (SSSR count). The van der Waals surface area contributed by atoms with Gasteiger partial charge in [0.2, 0.25) is 0 Å². The molecule has 1 saturated heterocycles. The van der Waals surface area contributed by atoms with Crippen LogP contribution in [0.3, 0.4) is 0 Å². The maximum Gasteiger partial charge on any atom is 0.351 e. The second-order valence-corrected chi connectivity index (χ2v) is 5.05. The summed E-state index contributed by atoms with van der Waals surface area (Å²) in [6, 6.07) is 0. The lowest BCUT2D eigenvalue weighted by atomic mass is 10.1. The van der Waals surface area contributed by atoms with Crippen LogP contribution in [0.4, 0.5) is 10.2 Å². The number of anilines is 1. The van der Waals surface area contributed by atoms with Gasteiger partial charge in [0.15, 0.2) is 6.23 Å². The van der Waals surface area contributed by atoms with Gasteiger partial charge in [0, 0.05) is 17.3 Å². The average molecular weight is 409 g/mol. The van der Waals surface area contributed by atoms with Crippen molar-refractivity contribution in [3.05, 3.63) is 38.2 Å². The fourth-order valence-electron chi connectivity index (χ4n) is 2.03. The molecule has 3 unspecified atom stereocenters. The summed E-state index contributed by atoms with van der Waals surface area (Å²) in [7, 11) is 0. The number of aliphatic hydroxyl groups excluding tert-OH is 2. The highest BCUT2D eigenvalue weighted by atomic mass is 127. The molecular weight excluding hydrogens is 396 g/mol. The number of hydrogen-bond donors (Lipinski definition) is 3. The molecule has 1 aliphatic rings. The first-order chi connectivity index (χ1) is 10.0. The minimum Gasteiger partial charge on any atom is -0.394 e. The number of aliphatic hydroxyl groups is 2. The van der Waals surface area contributed by atoms with Gasteiger partial charge in [0.1, 0.15) is 18.0 Å². The van der Waals surface area contributed by atoms with E-state index >= 15 is 0 Å². The predicted octanol–water partition coefficient (Wildman–Crippen LogP) is 0.335. The third-order valence-electron chi connectivity index (χ3n) is 3.09. The second kappa shape index (κ2) is 6.64. The lowest BCUT2D eigenvalue weighted by molar-refractivity contribution is -0.0447. The van der Waals surface area contributed by atoms with Crippen molar-refractivity contribution in [2.45, 2.75) is 18.4 Å². The summed E-state index contributed by atoms with van der Waals surface area (Å²) in [5.74, 6) is 0.0344. The molecule has 114 valence electrons. The van der Waals surface area contributed by atoms with E-state index in [4.69, 9.17) is 15.6 Å². The van der Waals surface area contributed by atoms with Crippen LogP contribution >= 0.6 is 22.6 Å². The minimum absolute atomic E-state index is 0.0344. The zero-order valence-corrected chi connectivity index (χ0v) is 12.8. The van der Waals surface area contributed by atoms with Gasteiger partial charge in [-0.25, -0.2) is 9.18 Å². The Labute approximate surface area is 132 Å². The van der Waals surface area contributed by atoms with Crippen molar-refractivity contribution in [1.29, 1.82) is 0 Å². The van der Waals surface area contributed by atoms with E-state index in [1.165, 1.54) is 6.20 Å². The zero-order valence-electron chi connectivity index (χ0n) is 10.7. The molecule has 9 heteroatoms. The molecule has 3 atom stereocenters. The van der Waals surface area contributed by atoms with Gasteiger partial charge in [-0.2, -0.15) is 4.98 Å². The van der Waals surface area contributed by atoms with Crippen LogP contribution < -0.4 is 11.4 Å². The summed E-state index contributed by atoms with van der Waals surface area (Å²) in [5, 5.41) is 18.9. The van der Waals surface area contributed by atoms with E-state index in [9.17, 15) is 14.3 Å². The predicted molar refractivity (Wildman–Crippen MR) is 82.2 cm³/mol. The minimum atomic E-state index is -1.34. The Morgan fingerprint density at radius 2 is 2.33 bits per heavy atom. The number of ether oxygens (including phenoxy) is 1. The molecule has 2 heterocycles. The van der Waals surface area contributed by atoms with Gasteiger partial charge < -0.3 is 20.7 Å². The Kier molecular flexibility index (Phi) is 5.08. The van der Waals surface area contributed by atoms with Crippen molar-refractivity contribution in [1.82, 2.24) is 9.55 Å². The molecule has 4 N–H and O–H groups in total. The van der Waals surface area contributed by atoms with E-state index in [1.807, 2.05) is 22.6 Å². The van der Waals surface area contributed by atoms with Crippen molar-refractivity contribution in [2.75, 3.05) is 12.3 Å². The number of nitrogens with zero attached hydrogens (tertiary/aromatic N) is 2. The zero-order chi connectivity index (χ0) is 15.6. The van der Waals surface area contributed by atoms with Crippen LogP contribution in [0.1, 0.15) is 11.8 Å². The quantitative estimate of drug-likeness (QED) is 0.621. The van der Waals surface area contributed by atoms with Crippen molar-refractivity contribution < 1.29 is 19.3 Å². The smallest absolute Gasteiger partial charge is 0.351 e. The molecule has 1 aromatic heterocycles. The molecule has 21 heavy (non-hydrogen) atoms. The van der Waals surface area contributed by atoms with Crippen LogP contribution in [0, 0.1) is 0 Å². The number of aromatic nitrogens is 2. The van der Waals surface area contributed by atoms with Gasteiger partial charge in [0.05, 0.1) is 12.9 Å². The third-order valence-corrected chi connectivity index (χ3v) is 3.45. The Bertz CT molecular complexity index is 646. The van der Waals surface area contributed by atoms with Gasteiger partial charge in [-0.15, -0.1) is 0 Å². The second-order valence-electron chi connectivity index (χ2n) is 4.33. The SMILES string of the molecule is Nc1nc(=O)n(C2OC(CO)C(O)/C2=C\F)cc1/C=C\I. The summed E-state index contributed by atoms with van der Waals surface area (Å²) in [6.45, 7) is -0.507. The Hall–Kier alpha value is -1.30. The molecule has 0 spiro atoms. The van der Waals surface area contributed by atoms with Crippen molar-refractivity contribution in [2.24, 2.45) is 0 Å². The van der Waals surface area contributed by atoms with E-state index < -0.39 is 30.7 Å². The molecular formula is C12H13FIN3O4. The van der Waals surface area contributed by atoms with E-state index in [1.54, 1.807) is 10.2 Å². The maximum atomic E-state index is 13.0. The summed E-state index contributed by atoms with van der Waals surface area (Å²) in [4.78, 5) is 15.6. The number of rotatable bonds is 3. The summed E-state index contributed by atoms with van der Waals surface area (Å²) in [5.41, 5.74) is 5.17. The van der Waals surface area contributed by atoms with Crippen LogP contribution in [-0.2, 0) is 4.74 Å². The lowest BCUT2D eigenvalue weighted by Gasteiger charge is -2.16. The molecule has 0 saturated carbocycles. The fraction of sp³-hybridized carbons (Fsp3) is 0.333. The van der Waals surface area contributed by atoms with Gasteiger partial charge >= 0.3 is 5.69 Å². The Morgan fingerprint density at radius 1 is 1.62 bits per heavy atom. The molecule has 0 amide bonds. The molecule has 1 aromatic rings. The topological polar surface area (TPSA) is 111 Å². The number of nitrogens with two attached hydrogens (primary N) is 1. The van der Waals surface area contributed by atoms with Crippen LogP contribution in [-0.4, -0.2) is 38.6 Å². The average Bonchev–Trinajstić information content (AvgIpc) is 2.78. The molecule has 0 aliphatic carbocycles. The fourth-order valence-corrected chi connectivity index (χ4v) is 2.41. The van der Waals surface area contributed by atoms with Gasteiger partial charge in [-0.3, -0.25) is 4.57 Å². The van der Waals surface area contributed by atoms with Crippen LogP contribution in [0.25, 0.3) is 6.08 Å². The highest BCUT2D eigenvalue weighted by molar-refractivity contribution is 14.1. The van der Waals surface area contributed by atoms with E-state index in [2.05, 4.69) is 4.98 Å². The van der Waals surface area contributed by atoms with Crippen molar-refractivity contribution in [3.8, 4) is 0 Å². The van der Waals surface area contributed by atoms with Crippen molar-refractivity contribution >= 4 is 34.5 Å². The summed E-state index contributed by atoms with van der Waals surface area (Å²) in [6.07, 6.45) is -0.374. The maximum absolute atomic E-state index is 13.0. The molecule has 1 fully saturated rings.